The molecular formula is C35H36N2O2S. The van der Waals surface area contributed by atoms with Crippen molar-refractivity contribution in [1.82, 2.24) is 9.97 Å². The Morgan fingerprint density at radius 1 is 0.750 bits per heavy atom. The zero-order chi connectivity index (χ0) is 26.9. The lowest BCUT2D eigenvalue weighted by Crippen LogP contribution is -2.48. The molecule has 3 aromatic carbocycles. The number of benzene rings is 3. The van der Waals surface area contributed by atoms with Crippen LogP contribution in [0.3, 0.4) is 0 Å². The van der Waals surface area contributed by atoms with Gasteiger partial charge in [-0.15, -0.1) is 0 Å². The Kier molecular flexibility index (Phi) is 7.01. The summed E-state index contributed by atoms with van der Waals surface area (Å²) >= 11 is 1.67. The first-order valence-corrected chi connectivity index (χ1v) is 15.6. The maximum atomic E-state index is 6.08. The Hall–Kier alpha value is -3.31. The summed E-state index contributed by atoms with van der Waals surface area (Å²) < 4.78 is 12.0. The van der Waals surface area contributed by atoms with Gasteiger partial charge in [-0.05, 0) is 110 Å². The molecule has 0 unspecified atom stereocenters. The SMILES string of the molecule is Cc1cc(OCc2cccc(Oc3ccccc3)c2)nc(SCc2ccc(C34CC5CC(CC(C5)C3)C4)cc2)n1. The van der Waals surface area contributed by atoms with Gasteiger partial charge in [0.1, 0.15) is 18.1 Å². The van der Waals surface area contributed by atoms with Gasteiger partial charge in [0.05, 0.1) is 0 Å². The molecule has 204 valence electrons. The number of para-hydroxylation sites is 1. The second-order valence-electron chi connectivity index (χ2n) is 12.2. The van der Waals surface area contributed by atoms with E-state index in [1.54, 1.807) is 17.3 Å². The second-order valence-corrected chi connectivity index (χ2v) is 13.1. The number of nitrogens with zero attached hydrogens (tertiary/aromatic N) is 2. The third kappa shape index (κ3) is 5.62. The average Bonchev–Trinajstić information content (AvgIpc) is 2.95. The van der Waals surface area contributed by atoms with Crippen LogP contribution in [0.25, 0.3) is 0 Å². The van der Waals surface area contributed by atoms with Crippen molar-refractivity contribution in [2.75, 3.05) is 0 Å². The number of ether oxygens (including phenoxy) is 2. The van der Waals surface area contributed by atoms with E-state index in [0.717, 1.165) is 51.4 Å². The molecule has 0 atom stereocenters. The van der Waals surface area contributed by atoms with E-state index in [2.05, 4.69) is 29.2 Å². The molecule has 0 spiro atoms. The van der Waals surface area contributed by atoms with Crippen LogP contribution in [0.4, 0.5) is 0 Å². The van der Waals surface area contributed by atoms with Crippen LogP contribution in [-0.2, 0) is 17.8 Å². The molecule has 4 saturated carbocycles. The molecule has 0 N–H and O–H groups in total. The maximum Gasteiger partial charge on any atom is 0.217 e. The molecule has 4 bridgehead atoms. The molecule has 5 heteroatoms. The van der Waals surface area contributed by atoms with Gasteiger partial charge in [0.2, 0.25) is 5.88 Å². The average molecular weight is 549 g/mol. The third-order valence-electron chi connectivity index (χ3n) is 9.05. The second kappa shape index (κ2) is 10.9. The maximum absolute atomic E-state index is 6.08. The van der Waals surface area contributed by atoms with Crippen molar-refractivity contribution in [2.45, 2.75) is 68.4 Å². The Balaban J connectivity index is 0.968. The van der Waals surface area contributed by atoms with Gasteiger partial charge in [0.15, 0.2) is 5.16 Å². The van der Waals surface area contributed by atoms with Crippen LogP contribution in [0.15, 0.2) is 90.1 Å². The van der Waals surface area contributed by atoms with Gasteiger partial charge in [-0.1, -0.05) is 66.4 Å². The number of rotatable bonds is 9. The number of thioether (sulfide) groups is 1. The predicted octanol–water partition coefficient (Wildman–Crippen LogP) is 8.92. The molecule has 4 nitrogen and oxygen atoms in total. The van der Waals surface area contributed by atoms with E-state index in [-0.39, 0.29) is 0 Å². The first-order chi connectivity index (χ1) is 19.6. The molecule has 0 amide bonds. The molecule has 40 heavy (non-hydrogen) atoms. The lowest BCUT2D eigenvalue weighted by molar-refractivity contribution is -0.00519. The van der Waals surface area contributed by atoms with Crippen LogP contribution < -0.4 is 9.47 Å². The first-order valence-electron chi connectivity index (χ1n) is 14.6. The Bertz CT molecular complexity index is 1440. The summed E-state index contributed by atoms with van der Waals surface area (Å²) in [6, 6.07) is 29.2. The minimum absolute atomic E-state index is 0.415. The highest BCUT2D eigenvalue weighted by atomic mass is 32.2. The largest absolute Gasteiger partial charge is 0.473 e. The van der Waals surface area contributed by atoms with Gasteiger partial charge >= 0.3 is 0 Å². The van der Waals surface area contributed by atoms with Crippen LogP contribution in [0.1, 0.15) is 60.9 Å². The smallest absolute Gasteiger partial charge is 0.217 e. The van der Waals surface area contributed by atoms with Crippen molar-refractivity contribution in [2.24, 2.45) is 17.8 Å². The molecule has 0 saturated heterocycles. The lowest BCUT2D eigenvalue weighted by Gasteiger charge is -2.57. The van der Waals surface area contributed by atoms with Crippen molar-refractivity contribution >= 4 is 11.8 Å². The zero-order valence-electron chi connectivity index (χ0n) is 23.1. The quantitative estimate of drug-likeness (QED) is 0.154. The van der Waals surface area contributed by atoms with Crippen LogP contribution in [-0.4, -0.2) is 9.97 Å². The lowest BCUT2D eigenvalue weighted by atomic mass is 9.48. The predicted molar refractivity (Wildman–Crippen MR) is 160 cm³/mol. The number of aromatic nitrogens is 2. The van der Waals surface area contributed by atoms with E-state index >= 15 is 0 Å². The fraction of sp³-hybridized carbons (Fsp3) is 0.371. The summed E-state index contributed by atoms with van der Waals surface area (Å²) in [5.74, 6) is 5.98. The summed E-state index contributed by atoms with van der Waals surface area (Å²) in [5, 5.41) is 0.751. The van der Waals surface area contributed by atoms with Gasteiger partial charge in [-0.3, -0.25) is 0 Å². The summed E-state index contributed by atoms with van der Waals surface area (Å²) in [7, 11) is 0. The van der Waals surface area contributed by atoms with Crippen LogP contribution in [0.5, 0.6) is 17.4 Å². The number of hydrogen-bond acceptors (Lipinski definition) is 5. The van der Waals surface area contributed by atoms with E-state index in [9.17, 15) is 0 Å². The Morgan fingerprint density at radius 2 is 1.45 bits per heavy atom. The van der Waals surface area contributed by atoms with Crippen molar-refractivity contribution in [1.29, 1.82) is 0 Å². The van der Waals surface area contributed by atoms with Gasteiger partial charge in [0.25, 0.3) is 0 Å². The molecule has 0 radical (unpaired) electrons. The van der Waals surface area contributed by atoms with Crippen molar-refractivity contribution in [3.63, 3.8) is 0 Å². The van der Waals surface area contributed by atoms with E-state index in [1.807, 2.05) is 67.6 Å². The molecule has 4 aliphatic rings. The van der Waals surface area contributed by atoms with E-state index in [0.29, 0.717) is 17.9 Å². The van der Waals surface area contributed by atoms with Gasteiger partial charge < -0.3 is 9.47 Å². The number of hydrogen-bond donors (Lipinski definition) is 0. The van der Waals surface area contributed by atoms with E-state index < -0.39 is 0 Å². The molecular weight excluding hydrogens is 512 g/mol. The molecule has 8 rings (SSSR count). The third-order valence-corrected chi connectivity index (χ3v) is 9.97. The van der Waals surface area contributed by atoms with Crippen molar-refractivity contribution in [3.05, 3.63) is 107 Å². The molecule has 1 aromatic heterocycles. The topological polar surface area (TPSA) is 44.2 Å². The van der Waals surface area contributed by atoms with Crippen molar-refractivity contribution in [3.8, 4) is 17.4 Å². The monoisotopic (exact) mass is 548 g/mol. The minimum Gasteiger partial charge on any atom is -0.473 e. The highest BCUT2D eigenvalue weighted by Crippen LogP contribution is 2.60. The Labute approximate surface area is 241 Å². The summed E-state index contributed by atoms with van der Waals surface area (Å²) in [4.78, 5) is 9.36. The van der Waals surface area contributed by atoms with Crippen LogP contribution in [0.2, 0.25) is 0 Å². The standard InChI is InChI=1S/C35H36N2O2S/c1-24-14-33(38-22-26-6-5-9-32(18-26)39-31-7-3-2-4-8-31)37-34(36-24)40-23-25-10-12-30(13-11-25)35-19-27-15-28(20-35)17-29(16-27)21-35/h2-14,18,27-29H,15-17,19-23H2,1H3. The normalized spacial score (nSPS) is 24.7. The highest BCUT2D eigenvalue weighted by molar-refractivity contribution is 7.98. The van der Waals surface area contributed by atoms with Gasteiger partial charge in [0, 0.05) is 17.5 Å². The summed E-state index contributed by atoms with van der Waals surface area (Å²) in [6.45, 7) is 2.41. The fourth-order valence-electron chi connectivity index (χ4n) is 7.70. The van der Waals surface area contributed by atoms with E-state index in [1.165, 1.54) is 44.1 Å². The minimum atomic E-state index is 0.415. The first kappa shape index (κ1) is 25.6. The van der Waals surface area contributed by atoms with Gasteiger partial charge in [-0.2, -0.15) is 4.98 Å². The zero-order valence-corrected chi connectivity index (χ0v) is 23.9. The molecule has 0 aliphatic heterocycles. The molecule has 1 heterocycles. The van der Waals surface area contributed by atoms with Crippen LogP contribution in [0, 0.1) is 24.7 Å². The fourth-order valence-corrected chi connectivity index (χ4v) is 8.55. The Morgan fingerprint density at radius 3 is 2.17 bits per heavy atom. The van der Waals surface area contributed by atoms with E-state index in [4.69, 9.17) is 14.5 Å². The molecule has 4 fully saturated rings. The highest BCUT2D eigenvalue weighted by Gasteiger charge is 2.51. The number of aryl methyl sites for hydroxylation is 1. The molecule has 4 aromatic rings. The molecule has 4 aliphatic carbocycles. The van der Waals surface area contributed by atoms with Gasteiger partial charge in [-0.25, -0.2) is 4.98 Å². The van der Waals surface area contributed by atoms with Crippen LogP contribution >= 0.6 is 11.8 Å². The van der Waals surface area contributed by atoms with Crippen molar-refractivity contribution < 1.29 is 9.47 Å². The summed E-state index contributed by atoms with van der Waals surface area (Å²) in [6.07, 6.45) is 8.72. The summed E-state index contributed by atoms with van der Waals surface area (Å²) in [5.41, 5.74) is 5.30.